The van der Waals surface area contributed by atoms with E-state index in [4.69, 9.17) is 4.98 Å². The van der Waals surface area contributed by atoms with E-state index in [2.05, 4.69) is 39.2 Å². The summed E-state index contributed by atoms with van der Waals surface area (Å²) in [5.74, 6) is 0.611. The van der Waals surface area contributed by atoms with Crippen LogP contribution in [-0.4, -0.2) is 53.6 Å². The van der Waals surface area contributed by atoms with Gasteiger partial charge in [0.2, 0.25) is 0 Å². The van der Waals surface area contributed by atoms with Gasteiger partial charge in [-0.05, 0) is 63.8 Å². The molecule has 2 aromatic heterocycles. The fraction of sp³-hybridized carbons (Fsp3) is 0.421. The standard InChI is InChI=1S/C19H23FN6S/c1-25(2)8-3-7-21-11-16-24-17-18(22-12-23-19(17)27-16)26-9-6-13-10-14(20)4-5-15(13)26/h4-5,10,12,21H,3,6-9,11H2,1-2H3. The quantitative estimate of drug-likeness (QED) is 0.630. The first-order valence-corrected chi connectivity index (χ1v) is 9.95. The number of thiazole rings is 1. The highest BCUT2D eigenvalue weighted by molar-refractivity contribution is 7.18. The van der Waals surface area contributed by atoms with Crippen molar-refractivity contribution >= 4 is 33.2 Å². The van der Waals surface area contributed by atoms with Crippen molar-refractivity contribution in [3.05, 3.63) is 40.9 Å². The second kappa shape index (κ2) is 7.84. The maximum Gasteiger partial charge on any atom is 0.164 e. The van der Waals surface area contributed by atoms with Crippen LogP contribution in [0.3, 0.4) is 0 Å². The summed E-state index contributed by atoms with van der Waals surface area (Å²) >= 11 is 1.60. The zero-order valence-electron chi connectivity index (χ0n) is 15.6. The molecule has 0 atom stereocenters. The van der Waals surface area contributed by atoms with Crippen LogP contribution in [0.1, 0.15) is 17.0 Å². The van der Waals surface area contributed by atoms with Crippen molar-refractivity contribution in [1.29, 1.82) is 0 Å². The average molecular weight is 387 g/mol. The summed E-state index contributed by atoms with van der Waals surface area (Å²) in [6.07, 6.45) is 3.50. The molecule has 1 aliphatic rings. The number of halogens is 1. The van der Waals surface area contributed by atoms with Gasteiger partial charge in [0.15, 0.2) is 5.82 Å². The minimum atomic E-state index is -0.195. The van der Waals surface area contributed by atoms with Gasteiger partial charge in [0, 0.05) is 18.8 Å². The number of nitrogens with one attached hydrogen (secondary N) is 1. The molecule has 0 saturated carbocycles. The van der Waals surface area contributed by atoms with Crippen molar-refractivity contribution in [2.75, 3.05) is 38.6 Å². The van der Waals surface area contributed by atoms with E-state index in [1.54, 1.807) is 23.7 Å². The molecule has 3 aromatic rings. The molecule has 0 unspecified atom stereocenters. The first-order valence-electron chi connectivity index (χ1n) is 9.13. The molecule has 0 saturated heterocycles. The Labute approximate surface area is 162 Å². The molecule has 3 heterocycles. The molecule has 1 aromatic carbocycles. The van der Waals surface area contributed by atoms with Gasteiger partial charge >= 0.3 is 0 Å². The van der Waals surface area contributed by atoms with E-state index in [1.807, 2.05) is 6.07 Å². The van der Waals surface area contributed by atoms with E-state index >= 15 is 0 Å². The third-order valence-corrected chi connectivity index (χ3v) is 5.61. The Bertz CT molecular complexity index is 941. The molecular weight excluding hydrogens is 363 g/mol. The third kappa shape index (κ3) is 3.92. The molecule has 6 nitrogen and oxygen atoms in total. The van der Waals surface area contributed by atoms with Crippen molar-refractivity contribution in [3.8, 4) is 0 Å². The normalized spacial score (nSPS) is 13.7. The number of anilines is 2. The zero-order valence-corrected chi connectivity index (χ0v) is 16.4. The van der Waals surface area contributed by atoms with Crippen molar-refractivity contribution in [2.24, 2.45) is 0 Å². The molecule has 0 radical (unpaired) electrons. The Kier molecular flexibility index (Phi) is 5.29. The largest absolute Gasteiger partial charge is 0.324 e. The van der Waals surface area contributed by atoms with Gasteiger partial charge in [-0.25, -0.2) is 19.3 Å². The van der Waals surface area contributed by atoms with Crippen molar-refractivity contribution < 1.29 is 4.39 Å². The number of hydrogen-bond acceptors (Lipinski definition) is 7. The maximum atomic E-state index is 13.5. The predicted molar refractivity (Wildman–Crippen MR) is 107 cm³/mol. The van der Waals surface area contributed by atoms with Gasteiger partial charge in [-0.1, -0.05) is 11.3 Å². The summed E-state index contributed by atoms with van der Waals surface area (Å²) in [6.45, 7) is 3.53. The number of benzene rings is 1. The topological polar surface area (TPSA) is 57.2 Å². The molecule has 0 bridgehead atoms. The molecular formula is C19H23FN6S. The fourth-order valence-corrected chi connectivity index (χ4v) is 4.23. The highest BCUT2D eigenvalue weighted by atomic mass is 32.1. The van der Waals surface area contributed by atoms with Gasteiger partial charge in [0.1, 0.15) is 27.5 Å². The van der Waals surface area contributed by atoms with Crippen molar-refractivity contribution in [2.45, 2.75) is 19.4 Å². The van der Waals surface area contributed by atoms with Crippen LogP contribution >= 0.6 is 11.3 Å². The molecule has 27 heavy (non-hydrogen) atoms. The van der Waals surface area contributed by atoms with Gasteiger partial charge in [0.05, 0.1) is 0 Å². The summed E-state index contributed by atoms with van der Waals surface area (Å²) < 4.78 is 13.5. The molecule has 1 aliphatic heterocycles. The summed E-state index contributed by atoms with van der Waals surface area (Å²) in [5.41, 5.74) is 2.84. The van der Waals surface area contributed by atoms with Gasteiger partial charge in [0.25, 0.3) is 0 Å². The first-order chi connectivity index (χ1) is 13.1. The van der Waals surface area contributed by atoms with E-state index < -0.39 is 0 Å². The molecule has 142 valence electrons. The zero-order chi connectivity index (χ0) is 18.8. The summed E-state index contributed by atoms with van der Waals surface area (Å²) in [7, 11) is 4.16. The van der Waals surface area contributed by atoms with Crippen LogP contribution in [0.4, 0.5) is 15.9 Å². The number of hydrogen-bond donors (Lipinski definition) is 1. The Hall–Kier alpha value is -2.16. The lowest BCUT2D eigenvalue weighted by Gasteiger charge is -2.18. The summed E-state index contributed by atoms with van der Waals surface area (Å²) in [6, 6.07) is 4.93. The van der Waals surface area contributed by atoms with Crippen LogP contribution in [0.25, 0.3) is 10.3 Å². The summed E-state index contributed by atoms with van der Waals surface area (Å²) in [5, 5.41) is 4.46. The van der Waals surface area contributed by atoms with Crippen molar-refractivity contribution in [3.63, 3.8) is 0 Å². The van der Waals surface area contributed by atoms with Crippen molar-refractivity contribution in [1.82, 2.24) is 25.2 Å². The van der Waals surface area contributed by atoms with E-state index in [0.717, 1.165) is 71.4 Å². The average Bonchev–Trinajstić information content (AvgIpc) is 3.24. The van der Waals surface area contributed by atoms with Crippen LogP contribution in [0.2, 0.25) is 0 Å². The minimum Gasteiger partial charge on any atom is -0.324 e. The van der Waals surface area contributed by atoms with Crippen LogP contribution in [0, 0.1) is 5.82 Å². The lowest BCUT2D eigenvalue weighted by atomic mass is 10.2. The maximum absolute atomic E-state index is 13.5. The SMILES string of the molecule is CN(C)CCCNCc1nc2c(N3CCc4cc(F)ccc43)ncnc2s1. The summed E-state index contributed by atoms with van der Waals surface area (Å²) in [4.78, 5) is 18.9. The van der Waals surface area contributed by atoms with E-state index in [1.165, 1.54) is 6.07 Å². The minimum absolute atomic E-state index is 0.195. The molecule has 0 fully saturated rings. The molecule has 0 aliphatic carbocycles. The number of nitrogens with zero attached hydrogens (tertiary/aromatic N) is 5. The second-order valence-corrected chi connectivity index (χ2v) is 8.03. The first kappa shape index (κ1) is 18.2. The van der Waals surface area contributed by atoms with Crippen LogP contribution in [0.15, 0.2) is 24.5 Å². The molecule has 1 N–H and O–H groups in total. The highest BCUT2D eigenvalue weighted by Crippen LogP contribution is 2.37. The van der Waals surface area contributed by atoms with Crippen LogP contribution < -0.4 is 10.2 Å². The molecule has 4 rings (SSSR count). The smallest absolute Gasteiger partial charge is 0.164 e. The molecule has 0 spiro atoms. The lowest BCUT2D eigenvalue weighted by molar-refractivity contribution is 0.394. The second-order valence-electron chi connectivity index (χ2n) is 6.97. The van der Waals surface area contributed by atoms with Gasteiger partial charge < -0.3 is 15.1 Å². The Morgan fingerprint density at radius 1 is 1.30 bits per heavy atom. The molecule has 0 amide bonds. The Morgan fingerprint density at radius 2 is 2.19 bits per heavy atom. The van der Waals surface area contributed by atoms with E-state index in [-0.39, 0.29) is 5.82 Å². The number of aromatic nitrogens is 3. The Balaban J connectivity index is 1.53. The lowest BCUT2D eigenvalue weighted by Crippen LogP contribution is -2.20. The van der Waals surface area contributed by atoms with Gasteiger partial charge in [-0.3, -0.25) is 0 Å². The van der Waals surface area contributed by atoms with Gasteiger partial charge in [-0.15, -0.1) is 0 Å². The fourth-order valence-electron chi connectivity index (χ4n) is 3.36. The van der Waals surface area contributed by atoms with Gasteiger partial charge in [-0.2, -0.15) is 0 Å². The van der Waals surface area contributed by atoms with E-state index in [0.29, 0.717) is 0 Å². The molecule has 8 heteroatoms. The Morgan fingerprint density at radius 3 is 3.04 bits per heavy atom. The monoisotopic (exact) mass is 386 g/mol. The predicted octanol–water partition coefficient (Wildman–Crippen LogP) is 2.96. The number of rotatable bonds is 7. The highest BCUT2D eigenvalue weighted by Gasteiger charge is 2.25. The number of fused-ring (bicyclic) bond motifs is 2. The third-order valence-electron chi connectivity index (χ3n) is 4.65. The van der Waals surface area contributed by atoms with Crippen LogP contribution in [-0.2, 0) is 13.0 Å². The van der Waals surface area contributed by atoms with Crippen LogP contribution in [0.5, 0.6) is 0 Å². The van der Waals surface area contributed by atoms with E-state index in [9.17, 15) is 4.39 Å².